The second-order valence-electron chi connectivity index (χ2n) is 13.6. The smallest absolute Gasteiger partial charge is 0.135 e. The lowest BCUT2D eigenvalue weighted by Gasteiger charge is -2.19. The number of furan rings is 1. The Hall–Kier alpha value is -6.96. The van der Waals surface area contributed by atoms with Crippen LogP contribution in [0.1, 0.15) is 0 Å². The molecule has 0 saturated carbocycles. The monoisotopic (exact) mass is 674 g/mol. The highest BCUT2D eigenvalue weighted by Crippen LogP contribution is 2.46. The molecular formula is C52H34O. The molecule has 53 heavy (non-hydrogen) atoms. The molecule has 1 aromatic heterocycles. The lowest BCUT2D eigenvalue weighted by atomic mass is 9.84. The van der Waals surface area contributed by atoms with Gasteiger partial charge in [-0.1, -0.05) is 182 Å². The fourth-order valence-electron chi connectivity index (χ4n) is 7.97. The number of hydrogen-bond acceptors (Lipinski definition) is 1. The van der Waals surface area contributed by atoms with Gasteiger partial charge in [0.15, 0.2) is 0 Å². The Bertz CT molecular complexity index is 2840. The maximum Gasteiger partial charge on any atom is 0.135 e. The SMILES string of the molecule is c1ccc(-c2ccc(-c3cc4cc(-c5c6ccccc6c(-c6ccc(-c7ccccc7)c(-c7ccccc7)c6)c6ccccc56)ccc4o3)cc2)cc1. The molecule has 9 aromatic carbocycles. The summed E-state index contributed by atoms with van der Waals surface area (Å²) >= 11 is 0. The maximum atomic E-state index is 6.43. The van der Waals surface area contributed by atoms with Gasteiger partial charge in [-0.05, 0) is 101 Å². The van der Waals surface area contributed by atoms with Crippen LogP contribution in [0.2, 0.25) is 0 Å². The van der Waals surface area contributed by atoms with E-state index in [1.807, 2.05) is 6.07 Å². The molecule has 0 radical (unpaired) electrons. The third-order valence-corrected chi connectivity index (χ3v) is 10.5. The summed E-state index contributed by atoms with van der Waals surface area (Å²) in [5, 5.41) is 6.02. The number of rotatable bonds is 6. The average molecular weight is 675 g/mol. The summed E-state index contributed by atoms with van der Waals surface area (Å²) in [6, 6.07) is 74.1. The highest BCUT2D eigenvalue weighted by atomic mass is 16.3. The summed E-state index contributed by atoms with van der Waals surface area (Å²) in [5.74, 6) is 0.870. The molecule has 10 aromatic rings. The molecule has 1 nitrogen and oxygen atoms in total. The number of fused-ring (bicyclic) bond motifs is 3. The van der Waals surface area contributed by atoms with Crippen LogP contribution in [0, 0.1) is 0 Å². The van der Waals surface area contributed by atoms with E-state index in [2.05, 4.69) is 200 Å². The predicted octanol–water partition coefficient (Wildman–Crippen LogP) is 14.7. The molecule has 1 heterocycles. The standard InChI is InChI=1S/C52H34O/c1-4-14-35(15-5-1)36-24-26-39(27-25-36)50-34-42-32-40(29-31-49(42)53-50)51-44-20-10-12-22-46(44)52(47-23-13-11-21-45(47)51)41-28-30-43(37-16-6-2-7-17-37)48(33-41)38-18-8-3-9-19-38/h1-34H. The van der Waals surface area contributed by atoms with Gasteiger partial charge in [0.25, 0.3) is 0 Å². The quantitative estimate of drug-likeness (QED) is 0.160. The molecule has 0 bridgehead atoms. The summed E-state index contributed by atoms with van der Waals surface area (Å²) in [6.45, 7) is 0. The van der Waals surface area contributed by atoms with Gasteiger partial charge in [-0.25, -0.2) is 0 Å². The van der Waals surface area contributed by atoms with Crippen molar-refractivity contribution in [2.45, 2.75) is 0 Å². The topological polar surface area (TPSA) is 13.1 Å². The van der Waals surface area contributed by atoms with Gasteiger partial charge in [0, 0.05) is 10.9 Å². The molecule has 0 spiro atoms. The Balaban J connectivity index is 1.12. The summed E-state index contributed by atoms with van der Waals surface area (Å²) in [4.78, 5) is 0. The molecule has 0 fully saturated rings. The second kappa shape index (κ2) is 13.0. The molecule has 0 saturated heterocycles. The normalized spacial score (nSPS) is 11.4. The highest BCUT2D eigenvalue weighted by Gasteiger charge is 2.19. The van der Waals surface area contributed by atoms with Crippen molar-refractivity contribution < 1.29 is 4.42 Å². The van der Waals surface area contributed by atoms with E-state index < -0.39 is 0 Å². The average Bonchev–Trinajstić information content (AvgIpc) is 3.67. The summed E-state index contributed by atoms with van der Waals surface area (Å²) in [7, 11) is 0. The van der Waals surface area contributed by atoms with E-state index in [9.17, 15) is 0 Å². The summed E-state index contributed by atoms with van der Waals surface area (Å²) in [5.41, 5.74) is 14.1. The summed E-state index contributed by atoms with van der Waals surface area (Å²) in [6.07, 6.45) is 0. The first-order valence-corrected chi connectivity index (χ1v) is 18.2. The molecule has 0 aliphatic heterocycles. The van der Waals surface area contributed by atoms with Crippen molar-refractivity contribution in [3.05, 3.63) is 206 Å². The Labute approximate surface area is 309 Å². The second-order valence-corrected chi connectivity index (χ2v) is 13.6. The minimum absolute atomic E-state index is 0.870. The van der Waals surface area contributed by atoms with Crippen molar-refractivity contribution in [2.24, 2.45) is 0 Å². The van der Waals surface area contributed by atoms with E-state index in [1.54, 1.807) is 0 Å². The molecule has 0 atom stereocenters. The van der Waals surface area contributed by atoms with Crippen molar-refractivity contribution in [3.63, 3.8) is 0 Å². The zero-order chi connectivity index (χ0) is 35.1. The van der Waals surface area contributed by atoms with E-state index in [0.717, 1.165) is 22.3 Å². The third-order valence-electron chi connectivity index (χ3n) is 10.5. The Morgan fingerprint density at radius 3 is 1.25 bits per heavy atom. The molecule has 248 valence electrons. The van der Waals surface area contributed by atoms with Crippen LogP contribution < -0.4 is 0 Å². The van der Waals surface area contributed by atoms with E-state index in [4.69, 9.17) is 4.42 Å². The van der Waals surface area contributed by atoms with Crippen molar-refractivity contribution in [3.8, 4) is 67.0 Å². The van der Waals surface area contributed by atoms with Gasteiger partial charge in [0.05, 0.1) is 0 Å². The maximum absolute atomic E-state index is 6.43. The molecule has 0 N–H and O–H groups in total. The largest absolute Gasteiger partial charge is 0.456 e. The van der Waals surface area contributed by atoms with Crippen LogP contribution in [-0.2, 0) is 0 Å². The van der Waals surface area contributed by atoms with E-state index in [0.29, 0.717) is 0 Å². The fourth-order valence-corrected chi connectivity index (χ4v) is 7.97. The zero-order valence-electron chi connectivity index (χ0n) is 29.0. The lowest BCUT2D eigenvalue weighted by Crippen LogP contribution is -1.92. The van der Waals surface area contributed by atoms with Gasteiger partial charge in [-0.2, -0.15) is 0 Å². The van der Waals surface area contributed by atoms with Crippen LogP contribution in [0.25, 0.3) is 99.5 Å². The third kappa shape index (κ3) is 5.51. The van der Waals surface area contributed by atoms with Gasteiger partial charge in [-0.3, -0.25) is 0 Å². The first-order valence-electron chi connectivity index (χ1n) is 18.2. The van der Waals surface area contributed by atoms with Crippen LogP contribution in [-0.4, -0.2) is 0 Å². The molecular weight excluding hydrogens is 641 g/mol. The molecule has 1 heteroatoms. The van der Waals surface area contributed by atoms with Crippen molar-refractivity contribution >= 4 is 32.5 Å². The van der Waals surface area contributed by atoms with Gasteiger partial charge in [-0.15, -0.1) is 0 Å². The Morgan fingerprint density at radius 1 is 0.264 bits per heavy atom. The predicted molar refractivity (Wildman–Crippen MR) is 224 cm³/mol. The van der Waals surface area contributed by atoms with Gasteiger partial charge < -0.3 is 4.42 Å². The van der Waals surface area contributed by atoms with Gasteiger partial charge >= 0.3 is 0 Å². The minimum Gasteiger partial charge on any atom is -0.456 e. The van der Waals surface area contributed by atoms with E-state index in [-0.39, 0.29) is 0 Å². The highest BCUT2D eigenvalue weighted by molar-refractivity contribution is 6.22. The van der Waals surface area contributed by atoms with Crippen molar-refractivity contribution in [1.82, 2.24) is 0 Å². The molecule has 0 amide bonds. The molecule has 10 rings (SSSR count). The van der Waals surface area contributed by atoms with E-state index >= 15 is 0 Å². The zero-order valence-corrected chi connectivity index (χ0v) is 29.0. The molecule has 0 aliphatic carbocycles. The van der Waals surface area contributed by atoms with Crippen molar-refractivity contribution in [1.29, 1.82) is 0 Å². The van der Waals surface area contributed by atoms with Gasteiger partial charge in [0.1, 0.15) is 11.3 Å². The van der Waals surface area contributed by atoms with E-state index in [1.165, 1.54) is 77.2 Å². The molecule has 0 aliphatic rings. The van der Waals surface area contributed by atoms with Crippen LogP contribution in [0.15, 0.2) is 211 Å². The Kier molecular flexibility index (Phi) is 7.55. The van der Waals surface area contributed by atoms with Crippen LogP contribution >= 0.6 is 0 Å². The lowest BCUT2D eigenvalue weighted by molar-refractivity contribution is 0.631. The number of hydrogen-bond donors (Lipinski definition) is 0. The van der Waals surface area contributed by atoms with Crippen LogP contribution in [0.5, 0.6) is 0 Å². The van der Waals surface area contributed by atoms with Crippen LogP contribution in [0.3, 0.4) is 0 Å². The molecule has 0 unspecified atom stereocenters. The minimum atomic E-state index is 0.870. The van der Waals surface area contributed by atoms with Crippen LogP contribution in [0.4, 0.5) is 0 Å². The first-order chi connectivity index (χ1) is 26.3. The van der Waals surface area contributed by atoms with Crippen molar-refractivity contribution in [2.75, 3.05) is 0 Å². The summed E-state index contributed by atoms with van der Waals surface area (Å²) < 4.78 is 6.43. The number of benzene rings is 9. The van der Waals surface area contributed by atoms with Gasteiger partial charge in [0.2, 0.25) is 0 Å². The Morgan fingerprint density at radius 2 is 0.679 bits per heavy atom. The fraction of sp³-hybridized carbons (Fsp3) is 0. The first kappa shape index (κ1) is 30.8.